The van der Waals surface area contributed by atoms with Gasteiger partial charge in [0.15, 0.2) is 0 Å². The van der Waals surface area contributed by atoms with Gasteiger partial charge in [-0.05, 0) is 62.1 Å². The molecule has 0 radical (unpaired) electrons. The van der Waals surface area contributed by atoms with Crippen LogP contribution in [0.25, 0.3) is 0 Å². The summed E-state index contributed by atoms with van der Waals surface area (Å²) in [5.41, 5.74) is 5.29. The topological polar surface area (TPSA) is 47.6 Å². The van der Waals surface area contributed by atoms with Crippen LogP contribution in [0.15, 0.2) is 30.3 Å². The van der Waals surface area contributed by atoms with Crippen LogP contribution < -0.4 is 14.8 Å². The van der Waals surface area contributed by atoms with E-state index < -0.39 is 0 Å². The molecule has 24 heavy (non-hydrogen) atoms. The van der Waals surface area contributed by atoms with Gasteiger partial charge in [0.1, 0.15) is 11.5 Å². The van der Waals surface area contributed by atoms with E-state index in [1.165, 1.54) is 16.7 Å². The Bertz CT molecular complexity index is 731. The minimum atomic E-state index is -0.155. The lowest BCUT2D eigenvalue weighted by Crippen LogP contribution is -2.27. The van der Waals surface area contributed by atoms with Gasteiger partial charge in [0.2, 0.25) is 0 Å². The molecule has 1 atom stereocenters. The first-order valence-corrected chi connectivity index (χ1v) is 7.97. The maximum Gasteiger partial charge on any atom is 0.252 e. The lowest BCUT2D eigenvalue weighted by Gasteiger charge is -2.19. The molecule has 0 aliphatic rings. The van der Waals surface area contributed by atoms with E-state index in [9.17, 15) is 4.79 Å². The van der Waals surface area contributed by atoms with Crippen molar-refractivity contribution in [3.8, 4) is 11.5 Å². The highest BCUT2D eigenvalue weighted by atomic mass is 16.5. The predicted octanol–water partition coefficient (Wildman–Crippen LogP) is 4.12. The van der Waals surface area contributed by atoms with Crippen LogP contribution in [0.5, 0.6) is 11.5 Å². The molecule has 0 bridgehead atoms. The number of carbonyl (C=O) groups excluding carboxylic acids is 1. The van der Waals surface area contributed by atoms with Gasteiger partial charge in [-0.25, -0.2) is 0 Å². The van der Waals surface area contributed by atoms with Gasteiger partial charge in [0.05, 0.1) is 20.3 Å². The van der Waals surface area contributed by atoms with E-state index in [2.05, 4.69) is 38.2 Å². The van der Waals surface area contributed by atoms with Crippen LogP contribution in [-0.4, -0.2) is 20.1 Å². The Morgan fingerprint density at radius 2 is 1.42 bits per heavy atom. The summed E-state index contributed by atoms with van der Waals surface area (Å²) in [6.45, 7) is 8.24. The first kappa shape index (κ1) is 17.9. The number of methoxy groups -OCH3 is 2. The van der Waals surface area contributed by atoms with E-state index in [-0.39, 0.29) is 11.9 Å². The molecule has 0 aromatic heterocycles. The van der Waals surface area contributed by atoms with Crippen LogP contribution >= 0.6 is 0 Å². The molecule has 0 unspecified atom stereocenters. The van der Waals surface area contributed by atoms with Crippen LogP contribution in [-0.2, 0) is 0 Å². The molecule has 1 amide bonds. The molecule has 0 saturated carbocycles. The van der Waals surface area contributed by atoms with E-state index >= 15 is 0 Å². The minimum absolute atomic E-state index is 0.0889. The Kier molecular flexibility index (Phi) is 5.50. The van der Waals surface area contributed by atoms with Gasteiger partial charge in [-0.2, -0.15) is 0 Å². The second-order valence-corrected chi connectivity index (χ2v) is 6.09. The number of hydrogen-bond acceptors (Lipinski definition) is 3. The highest BCUT2D eigenvalue weighted by molar-refractivity contribution is 5.95. The van der Waals surface area contributed by atoms with Gasteiger partial charge >= 0.3 is 0 Å². The molecule has 4 heteroatoms. The van der Waals surface area contributed by atoms with Crippen molar-refractivity contribution in [2.75, 3.05) is 14.2 Å². The van der Waals surface area contributed by atoms with Gasteiger partial charge in [0.25, 0.3) is 5.91 Å². The molecule has 128 valence electrons. The molecule has 0 saturated heterocycles. The summed E-state index contributed by atoms with van der Waals surface area (Å²) in [4.78, 5) is 12.6. The Morgan fingerprint density at radius 1 is 0.875 bits per heavy atom. The van der Waals surface area contributed by atoms with Crippen molar-refractivity contribution in [2.24, 2.45) is 0 Å². The molecule has 0 spiro atoms. The van der Waals surface area contributed by atoms with Gasteiger partial charge in [0, 0.05) is 11.6 Å². The summed E-state index contributed by atoms with van der Waals surface area (Å²) in [6, 6.07) is 9.36. The Balaban J connectivity index is 2.25. The van der Waals surface area contributed by atoms with Gasteiger partial charge in [-0.1, -0.05) is 12.1 Å². The quantitative estimate of drug-likeness (QED) is 0.898. The standard InChI is InChI=1S/C20H25NO3/c1-12-7-14(3)19(8-13(12)2)15(4)21-20(22)16-9-17(23-5)11-18(10-16)24-6/h7-11,15H,1-6H3,(H,21,22)/t15-/m1/s1. The summed E-state index contributed by atoms with van der Waals surface area (Å²) in [5, 5.41) is 3.05. The fourth-order valence-corrected chi connectivity index (χ4v) is 2.75. The van der Waals surface area contributed by atoms with Crippen LogP contribution in [0.4, 0.5) is 0 Å². The summed E-state index contributed by atoms with van der Waals surface area (Å²) >= 11 is 0. The lowest BCUT2D eigenvalue weighted by atomic mass is 9.96. The molecule has 2 aromatic rings. The number of hydrogen-bond donors (Lipinski definition) is 1. The van der Waals surface area contributed by atoms with E-state index in [4.69, 9.17) is 9.47 Å². The maximum atomic E-state index is 12.6. The molecule has 2 rings (SSSR count). The number of nitrogens with one attached hydrogen (secondary N) is 1. The summed E-state index contributed by atoms with van der Waals surface area (Å²) in [7, 11) is 3.13. The Hall–Kier alpha value is -2.49. The van der Waals surface area contributed by atoms with E-state index in [1.807, 2.05) is 6.92 Å². The zero-order valence-corrected chi connectivity index (χ0v) is 15.2. The van der Waals surface area contributed by atoms with Crippen LogP contribution in [0.3, 0.4) is 0 Å². The highest BCUT2D eigenvalue weighted by Crippen LogP contribution is 2.25. The number of carbonyl (C=O) groups is 1. The van der Waals surface area contributed by atoms with Crippen molar-refractivity contribution in [1.82, 2.24) is 5.32 Å². The smallest absolute Gasteiger partial charge is 0.252 e. The SMILES string of the molecule is COc1cc(OC)cc(C(=O)N[C@H](C)c2cc(C)c(C)cc2C)c1. The van der Waals surface area contributed by atoms with Crippen LogP contribution in [0.2, 0.25) is 0 Å². The Morgan fingerprint density at radius 3 is 1.96 bits per heavy atom. The highest BCUT2D eigenvalue weighted by Gasteiger charge is 2.16. The molecular formula is C20H25NO3. The number of amides is 1. The van der Waals surface area contributed by atoms with Crippen LogP contribution in [0.1, 0.15) is 45.6 Å². The molecule has 0 fully saturated rings. The maximum absolute atomic E-state index is 12.6. The molecule has 1 N–H and O–H groups in total. The van der Waals surface area contributed by atoms with Crippen molar-refractivity contribution in [1.29, 1.82) is 0 Å². The second-order valence-electron chi connectivity index (χ2n) is 6.09. The van der Waals surface area contributed by atoms with Crippen molar-refractivity contribution in [2.45, 2.75) is 33.7 Å². The zero-order valence-electron chi connectivity index (χ0n) is 15.2. The van der Waals surface area contributed by atoms with E-state index in [0.717, 1.165) is 5.56 Å². The normalized spacial score (nSPS) is 11.8. The third kappa shape index (κ3) is 3.88. The average molecular weight is 327 g/mol. The van der Waals surface area contributed by atoms with Crippen LogP contribution in [0, 0.1) is 20.8 Å². The minimum Gasteiger partial charge on any atom is -0.497 e. The number of benzene rings is 2. The molecule has 0 heterocycles. The number of aryl methyl sites for hydroxylation is 3. The average Bonchev–Trinajstić information content (AvgIpc) is 2.57. The molecule has 0 aliphatic heterocycles. The molecule has 4 nitrogen and oxygen atoms in total. The second kappa shape index (κ2) is 7.39. The first-order chi connectivity index (χ1) is 11.3. The fourth-order valence-electron chi connectivity index (χ4n) is 2.75. The molecule has 0 aliphatic carbocycles. The van der Waals surface area contributed by atoms with E-state index in [0.29, 0.717) is 17.1 Å². The fraction of sp³-hybridized carbons (Fsp3) is 0.350. The molecule has 2 aromatic carbocycles. The third-order valence-corrected chi connectivity index (χ3v) is 4.31. The summed E-state index contributed by atoms with van der Waals surface area (Å²) < 4.78 is 10.5. The number of ether oxygens (including phenoxy) is 2. The lowest BCUT2D eigenvalue weighted by molar-refractivity contribution is 0.0939. The third-order valence-electron chi connectivity index (χ3n) is 4.31. The van der Waals surface area contributed by atoms with Crippen molar-refractivity contribution in [3.05, 3.63) is 58.1 Å². The predicted molar refractivity (Wildman–Crippen MR) is 96.1 cm³/mol. The van der Waals surface area contributed by atoms with E-state index in [1.54, 1.807) is 32.4 Å². The van der Waals surface area contributed by atoms with Crippen molar-refractivity contribution in [3.63, 3.8) is 0 Å². The van der Waals surface area contributed by atoms with Crippen molar-refractivity contribution >= 4 is 5.91 Å². The molecular weight excluding hydrogens is 302 g/mol. The van der Waals surface area contributed by atoms with Crippen molar-refractivity contribution < 1.29 is 14.3 Å². The monoisotopic (exact) mass is 327 g/mol. The first-order valence-electron chi connectivity index (χ1n) is 7.97. The zero-order chi connectivity index (χ0) is 17.9. The van der Waals surface area contributed by atoms with Gasteiger partial charge in [-0.15, -0.1) is 0 Å². The van der Waals surface area contributed by atoms with Gasteiger partial charge in [-0.3, -0.25) is 4.79 Å². The number of rotatable bonds is 5. The summed E-state index contributed by atoms with van der Waals surface area (Å²) in [6.07, 6.45) is 0. The summed E-state index contributed by atoms with van der Waals surface area (Å²) in [5.74, 6) is 1.03. The Labute approximate surface area is 143 Å². The largest absolute Gasteiger partial charge is 0.497 e. The van der Waals surface area contributed by atoms with Gasteiger partial charge < -0.3 is 14.8 Å².